The van der Waals surface area contributed by atoms with Crippen molar-refractivity contribution < 1.29 is 44.0 Å². The van der Waals surface area contributed by atoms with E-state index in [4.69, 9.17) is 9.47 Å². The van der Waals surface area contributed by atoms with Gasteiger partial charge in [0.15, 0.2) is 11.9 Å². The molecule has 5 fully saturated rings. The Morgan fingerprint density at radius 3 is 2.31 bits per heavy atom. The molecule has 6 rings (SSSR count). The average molecular weight is 629 g/mol. The van der Waals surface area contributed by atoms with Crippen molar-refractivity contribution in [3.05, 3.63) is 11.6 Å². The van der Waals surface area contributed by atoms with Gasteiger partial charge in [0.25, 0.3) is 5.78 Å². The normalized spacial score (nSPS) is 49.5. The number of Topliss-reactive ketones (excluding diaryl/α,β-unsaturated/α-hetero) is 1. The molecular weight excluding hydrogens is 576 g/mol. The highest BCUT2D eigenvalue weighted by Gasteiger charge is 2.70. The lowest BCUT2D eigenvalue weighted by molar-refractivity contribution is -0.203. The van der Waals surface area contributed by atoms with Crippen LogP contribution >= 0.6 is 0 Å². The molecule has 12 atom stereocenters. The van der Waals surface area contributed by atoms with Crippen LogP contribution in [0.3, 0.4) is 0 Å². The molecule has 1 saturated heterocycles. The van der Waals surface area contributed by atoms with Crippen LogP contribution in [0.1, 0.15) is 106 Å². The molecule has 0 radical (unpaired) electrons. The van der Waals surface area contributed by atoms with E-state index >= 15 is 0 Å². The van der Waals surface area contributed by atoms with Crippen LogP contribution in [0.25, 0.3) is 0 Å². The number of cyclic esters (lactones) is 1. The number of esters is 2. The molecular formula is C36H52O9. The fraction of sp³-hybridized carbons (Fsp3) is 0.833. The minimum Gasteiger partial charge on any atom is -0.449 e. The Bertz CT molecular complexity index is 1350. The molecule has 4 saturated carbocycles. The molecule has 0 aromatic heterocycles. The van der Waals surface area contributed by atoms with E-state index in [2.05, 4.69) is 41.5 Å². The molecule has 3 unspecified atom stereocenters. The van der Waals surface area contributed by atoms with Crippen LogP contribution in [0.4, 0.5) is 0 Å². The highest BCUT2D eigenvalue weighted by molar-refractivity contribution is 6.37. The molecule has 5 aliphatic carbocycles. The minimum atomic E-state index is -1.61. The van der Waals surface area contributed by atoms with Gasteiger partial charge >= 0.3 is 11.9 Å². The summed E-state index contributed by atoms with van der Waals surface area (Å²) in [6.45, 7) is 14.7. The second-order valence-corrected chi connectivity index (χ2v) is 17.4. The third-order valence-electron chi connectivity index (χ3n) is 14.8. The van der Waals surface area contributed by atoms with E-state index in [0.29, 0.717) is 19.3 Å². The number of ketones is 2. The smallest absolute Gasteiger partial charge is 0.379 e. The number of aliphatic hydroxyl groups excluding tert-OH is 3. The van der Waals surface area contributed by atoms with Gasteiger partial charge in [0.2, 0.25) is 6.10 Å². The summed E-state index contributed by atoms with van der Waals surface area (Å²) in [7, 11) is 0. The summed E-state index contributed by atoms with van der Waals surface area (Å²) in [6.07, 6.45) is 4.01. The maximum atomic E-state index is 14.5. The summed E-state index contributed by atoms with van der Waals surface area (Å²) < 4.78 is 10.6. The number of aliphatic hydroxyl groups is 3. The van der Waals surface area contributed by atoms with Crippen molar-refractivity contribution in [3.8, 4) is 0 Å². The molecule has 250 valence electrons. The molecule has 1 heterocycles. The van der Waals surface area contributed by atoms with Crippen LogP contribution in [-0.4, -0.2) is 69.8 Å². The van der Waals surface area contributed by atoms with Crippen molar-refractivity contribution in [2.24, 2.45) is 50.2 Å². The molecule has 6 aliphatic rings. The zero-order valence-corrected chi connectivity index (χ0v) is 28.0. The molecule has 9 heteroatoms. The van der Waals surface area contributed by atoms with E-state index in [1.165, 1.54) is 0 Å². The van der Waals surface area contributed by atoms with Crippen molar-refractivity contribution in [2.75, 3.05) is 6.61 Å². The Kier molecular flexibility index (Phi) is 7.44. The molecule has 9 nitrogen and oxygen atoms in total. The van der Waals surface area contributed by atoms with Gasteiger partial charge in [-0.1, -0.05) is 47.1 Å². The molecule has 1 aliphatic heterocycles. The molecule has 45 heavy (non-hydrogen) atoms. The lowest BCUT2D eigenvalue weighted by Gasteiger charge is -2.70. The fourth-order valence-electron chi connectivity index (χ4n) is 11.6. The number of carbonyl (C=O) groups is 4. The largest absolute Gasteiger partial charge is 0.449 e. The van der Waals surface area contributed by atoms with E-state index in [-0.39, 0.29) is 56.7 Å². The van der Waals surface area contributed by atoms with Crippen molar-refractivity contribution in [2.45, 2.75) is 131 Å². The number of rotatable bonds is 4. The zero-order chi connectivity index (χ0) is 33.1. The topological polar surface area (TPSA) is 147 Å². The number of ether oxygens (including phenoxy) is 2. The predicted octanol–water partition coefficient (Wildman–Crippen LogP) is 4.09. The molecule has 0 aromatic rings. The van der Waals surface area contributed by atoms with Crippen LogP contribution in [0.15, 0.2) is 11.6 Å². The molecule has 0 bridgehead atoms. The van der Waals surface area contributed by atoms with E-state index < -0.39 is 48.1 Å². The molecule has 0 aromatic carbocycles. The van der Waals surface area contributed by atoms with Crippen molar-refractivity contribution >= 4 is 23.5 Å². The van der Waals surface area contributed by atoms with Gasteiger partial charge in [-0.3, -0.25) is 14.4 Å². The lowest BCUT2D eigenvalue weighted by Crippen LogP contribution is -2.66. The second-order valence-electron chi connectivity index (χ2n) is 17.4. The first kappa shape index (κ1) is 32.8. The highest BCUT2D eigenvalue weighted by Crippen LogP contribution is 2.75. The first-order valence-electron chi connectivity index (χ1n) is 17.0. The van der Waals surface area contributed by atoms with Crippen molar-refractivity contribution in [3.63, 3.8) is 0 Å². The van der Waals surface area contributed by atoms with E-state index in [9.17, 15) is 34.5 Å². The Hall–Kier alpha value is -2.10. The second kappa shape index (κ2) is 10.2. The van der Waals surface area contributed by atoms with Crippen molar-refractivity contribution in [1.82, 2.24) is 0 Å². The molecule has 0 spiro atoms. The van der Waals surface area contributed by atoms with Gasteiger partial charge in [-0.05, 0) is 110 Å². The summed E-state index contributed by atoms with van der Waals surface area (Å²) in [4.78, 5) is 52.9. The number of allylic oxidation sites excluding steroid dienone is 2. The SMILES string of the molecule is CC1(C)C2CC[C@]3(C)C(C(=O)C=C4[C@H]5C[C@@](C)(C(=O)OC6C(=O)C(=O)O[C@@H]6[C@@H](O)CO)CC[C@]5(C)CC[C@]43C)[C@@]2(C)CC[C@@H]1O. The van der Waals surface area contributed by atoms with Gasteiger partial charge in [0.1, 0.15) is 6.10 Å². The minimum absolute atomic E-state index is 0.0459. The monoisotopic (exact) mass is 628 g/mol. The third kappa shape index (κ3) is 4.35. The van der Waals surface area contributed by atoms with Crippen molar-refractivity contribution in [1.29, 1.82) is 0 Å². The first-order chi connectivity index (χ1) is 20.8. The summed E-state index contributed by atoms with van der Waals surface area (Å²) in [5.41, 5.74) is -0.952. The van der Waals surface area contributed by atoms with E-state index in [0.717, 1.165) is 44.1 Å². The number of carbonyl (C=O) groups excluding carboxylic acids is 4. The Morgan fingerprint density at radius 1 is 0.978 bits per heavy atom. The summed E-state index contributed by atoms with van der Waals surface area (Å²) in [6, 6.07) is 0. The Labute approximate surface area is 266 Å². The van der Waals surface area contributed by atoms with Gasteiger partial charge in [-0.15, -0.1) is 0 Å². The third-order valence-corrected chi connectivity index (χ3v) is 14.8. The van der Waals surface area contributed by atoms with Crippen LogP contribution < -0.4 is 0 Å². The van der Waals surface area contributed by atoms with Crippen LogP contribution in [-0.2, 0) is 28.7 Å². The van der Waals surface area contributed by atoms with Gasteiger partial charge in [0.05, 0.1) is 18.1 Å². The highest BCUT2D eigenvalue weighted by atomic mass is 16.6. The lowest BCUT2D eigenvalue weighted by atomic mass is 9.33. The van der Waals surface area contributed by atoms with Gasteiger partial charge in [0, 0.05) is 5.92 Å². The maximum absolute atomic E-state index is 14.5. The number of hydrogen-bond donors (Lipinski definition) is 3. The van der Waals surface area contributed by atoms with Crippen LogP contribution in [0.5, 0.6) is 0 Å². The van der Waals surface area contributed by atoms with Crippen LogP contribution in [0.2, 0.25) is 0 Å². The number of hydrogen-bond acceptors (Lipinski definition) is 9. The Morgan fingerprint density at radius 2 is 1.64 bits per heavy atom. The van der Waals surface area contributed by atoms with E-state index in [1.807, 2.05) is 13.0 Å². The summed E-state index contributed by atoms with van der Waals surface area (Å²) >= 11 is 0. The van der Waals surface area contributed by atoms with E-state index in [1.54, 1.807) is 0 Å². The van der Waals surface area contributed by atoms with Crippen LogP contribution in [0, 0.1) is 50.2 Å². The molecule has 0 amide bonds. The van der Waals surface area contributed by atoms with Gasteiger partial charge in [-0.2, -0.15) is 0 Å². The average Bonchev–Trinajstić information content (AvgIpc) is 3.25. The summed E-state index contributed by atoms with van der Waals surface area (Å²) in [5.74, 6) is -2.63. The Balaban J connectivity index is 1.33. The fourth-order valence-corrected chi connectivity index (χ4v) is 11.6. The zero-order valence-electron chi connectivity index (χ0n) is 28.0. The standard InChI is InChI=1S/C36H52O9/c1-31(2)23-8-11-36(7)28(34(23,5)10-9-24(31)40)21(38)16-19-20-17-33(4,13-12-32(20,3)14-15-35(19,36)6)30(43)45-27-25(41)29(42)44-26(27)22(39)18-37/h16,20,22-24,26-28,37,39-40H,8-15,17-18H2,1-7H3/t20-,22+,23?,24+,26-,27?,28?,32-,33+,34+,35-,36-/m1/s1. The quantitative estimate of drug-likeness (QED) is 0.309. The maximum Gasteiger partial charge on any atom is 0.379 e. The number of fused-ring (bicyclic) bond motifs is 7. The molecule has 3 N–H and O–H groups in total. The van der Waals surface area contributed by atoms with Gasteiger partial charge in [-0.25, -0.2) is 4.79 Å². The first-order valence-corrected chi connectivity index (χ1v) is 17.0. The summed E-state index contributed by atoms with van der Waals surface area (Å²) in [5, 5.41) is 30.5. The van der Waals surface area contributed by atoms with Gasteiger partial charge < -0.3 is 24.8 Å². The predicted molar refractivity (Wildman–Crippen MR) is 163 cm³/mol.